The Balaban J connectivity index is 1.35. The summed E-state index contributed by atoms with van der Waals surface area (Å²) in [6.45, 7) is 2.40. The van der Waals surface area contributed by atoms with Crippen LogP contribution in [0.1, 0.15) is 23.2 Å². The summed E-state index contributed by atoms with van der Waals surface area (Å²) in [5, 5.41) is 9.62. The van der Waals surface area contributed by atoms with Crippen molar-refractivity contribution in [3.8, 4) is 11.5 Å². The van der Waals surface area contributed by atoms with Crippen LogP contribution in [0.15, 0.2) is 42.6 Å². The van der Waals surface area contributed by atoms with Crippen molar-refractivity contribution in [2.45, 2.75) is 25.0 Å². The quantitative estimate of drug-likeness (QED) is 0.870. The zero-order chi connectivity index (χ0) is 19.5. The van der Waals surface area contributed by atoms with Gasteiger partial charge in [0, 0.05) is 26.3 Å². The summed E-state index contributed by atoms with van der Waals surface area (Å²) in [5.74, 6) is 2.18. The van der Waals surface area contributed by atoms with Crippen LogP contribution in [0.25, 0.3) is 0 Å². The van der Waals surface area contributed by atoms with Crippen LogP contribution in [0.5, 0.6) is 11.5 Å². The smallest absolute Gasteiger partial charge is 0.255 e. The number of pyridine rings is 1. The van der Waals surface area contributed by atoms with Gasteiger partial charge in [-0.1, -0.05) is 12.1 Å². The molecule has 7 heteroatoms. The Morgan fingerprint density at radius 1 is 1.21 bits per heavy atom. The van der Waals surface area contributed by atoms with Gasteiger partial charge in [-0.25, -0.2) is 4.98 Å². The molecule has 0 unspecified atom stereocenters. The molecule has 28 heavy (non-hydrogen) atoms. The summed E-state index contributed by atoms with van der Waals surface area (Å²) in [5.41, 5.74) is 0.542. The second-order valence-corrected chi connectivity index (χ2v) is 7.31. The molecule has 0 bridgehead atoms. The third-order valence-electron chi connectivity index (χ3n) is 5.18. The van der Waals surface area contributed by atoms with Crippen LogP contribution in [-0.2, 0) is 0 Å². The summed E-state index contributed by atoms with van der Waals surface area (Å²) in [4.78, 5) is 21.0. The standard InChI is InChI=1S/C21H25N3O4/c1-23(13-17-14-27-18-4-2-3-5-19(18)28-17)21(26)15-6-7-20(22-12-15)24-10-8-16(25)9-11-24/h2-7,12,16-17,25H,8-11,13-14H2,1H3/t17-/m1/s1. The molecule has 1 atom stereocenters. The van der Waals surface area contributed by atoms with Crippen molar-refractivity contribution in [3.05, 3.63) is 48.2 Å². The molecule has 0 saturated carbocycles. The van der Waals surface area contributed by atoms with Crippen molar-refractivity contribution >= 4 is 11.7 Å². The topological polar surface area (TPSA) is 75.1 Å². The number of benzene rings is 1. The van der Waals surface area contributed by atoms with E-state index < -0.39 is 0 Å². The molecule has 1 N–H and O–H groups in total. The first-order valence-electron chi connectivity index (χ1n) is 9.63. The van der Waals surface area contributed by atoms with Crippen molar-refractivity contribution < 1.29 is 19.4 Å². The van der Waals surface area contributed by atoms with Crippen molar-refractivity contribution in [2.75, 3.05) is 38.2 Å². The fraction of sp³-hybridized carbons (Fsp3) is 0.429. The summed E-state index contributed by atoms with van der Waals surface area (Å²) < 4.78 is 11.6. The van der Waals surface area contributed by atoms with E-state index in [2.05, 4.69) is 9.88 Å². The number of nitrogens with zero attached hydrogens (tertiary/aromatic N) is 3. The summed E-state index contributed by atoms with van der Waals surface area (Å²) >= 11 is 0. The van der Waals surface area contributed by atoms with Crippen LogP contribution in [-0.4, -0.2) is 66.4 Å². The molecule has 1 amide bonds. The van der Waals surface area contributed by atoms with Crippen molar-refractivity contribution in [1.29, 1.82) is 0 Å². The Labute approximate surface area is 164 Å². The zero-order valence-corrected chi connectivity index (χ0v) is 16.0. The lowest BCUT2D eigenvalue weighted by atomic mass is 10.1. The molecular weight excluding hydrogens is 358 g/mol. The number of aromatic nitrogens is 1. The Morgan fingerprint density at radius 2 is 1.96 bits per heavy atom. The largest absolute Gasteiger partial charge is 0.486 e. The first-order chi connectivity index (χ1) is 13.6. The third-order valence-corrected chi connectivity index (χ3v) is 5.18. The third kappa shape index (κ3) is 4.04. The maximum Gasteiger partial charge on any atom is 0.255 e. The molecule has 0 radical (unpaired) electrons. The monoisotopic (exact) mass is 383 g/mol. The molecule has 2 aliphatic rings. The van der Waals surface area contributed by atoms with Gasteiger partial charge >= 0.3 is 0 Å². The van der Waals surface area contributed by atoms with Crippen LogP contribution in [0.2, 0.25) is 0 Å². The minimum absolute atomic E-state index is 0.101. The van der Waals surface area contributed by atoms with Gasteiger partial charge in [0.15, 0.2) is 17.6 Å². The van der Waals surface area contributed by atoms with Crippen LogP contribution in [0.3, 0.4) is 0 Å². The van der Waals surface area contributed by atoms with Gasteiger partial charge < -0.3 is 24.4 Å². The van der Waals surface area contributed by atoms with E-state index in [9.17, 15) is 9.90 Å². The number of hydrogen-bond acceptors (Lipinski definition) is 6. The van der Waals surface area contributed by atoms with Gasteiger partial charge in [-0.3, -0.25) is 4.79 Å². The highest BCUT2D eigenvalue weighted by Gasteiger charge is 2.24. The first-order valence-corrected chi connectivity index (χ1v) is 9.63. The number of carbonyl (C=O) groups is 1. The van der Waals surface area contributed by atoms with Gasteiger partial charge in [-0.15, -0.1) is 0 Å². The number of likely N-dealkylation sites (N-methyl/N-ethyl adjacent to an activating group) is 1. The number of piperidine rings is 1. The highest BCUT2D eigenvalue weighted by atomic mass is 16.6. The van der Waals surface area contributed by atoms with Gasteiger partial charge in [-0.05, 0) is 37.1 Å². The minimum Gasteiger partial charge on any atom is -0.486 e. The predicted molar refractivity (Wildman–Crippen MR) is 105 cm³/mol. The van der Waals surface area contributed by atoms with Gasteiger partial charge in [0.1, 0.15) is 12.4 Å². The molecule has 7 nitrogen and oxygen atoms in total. The molecule has 1 aromatic carbocycles. The van der Waals surface area contributed by atoms with Gasteiger partial charge in [0.05, 0.1) is 18.2 Å². The molecule has 4 rings (SSSR count). The number of anilines is 1. The summed E-state index contributed by atoms with van der Waals surface area (Å²) in [6.07, 6.45) is 2.68. The first kappa shape index (κ1) is 18.6. The fourth-order valence-electron chi connectivity index (χ4n) is 3.56. The Hall–Kier alpha value is -2.80. The molecule has 2 aliphatic heterocycles. The van der Waals surface area contributed by atoms with Gasteiger partial charge in [0.2, 0.25) is 0 Å². The van der Waals surface area contributed by atoms with E-state index in [4.69, 9.17) is 9.47 Å². The van der Waals surface area contributed by atoms with Crippen molar-refractivity contribution in [3.63, 3.8) is 0 Å². The second kappa shape index (κ2) is 8.06. The lowest BCUT2D eigenvalue weighted by molar-refractivity contribution is 0.0520. The number of amides is 1. The fourth-order valence-corrected chi connectivity index (χ4v) is 3.56. The van der Waals surface area contributed by atoms with E-state index >= 15 is 0 Å². The van der Waals surface area contributed by atoms with E-state index in [-0.39, 0.29) is 18.1 Å². The maximum absolute atomic E-state index is 12.7. The molecule has 1 saturated heterocycles. The number of fused-ring (bicyclic) bond motifs is 1. The average Bonchev–Trinajstić information content (AvgIpc) is 2.74. The number of rotatable bonds is 4. The van der Waals surface area contributed by atoms with E-state index in [1.807, 2.05) is 30.3 Å². The van der Waals surface area contributed by atoms with E-state index in [1.54, 1.807) is 24.2 Å². The SMILES string of the molecule is CN(C[C@@H]1COc2ccccc2O1)C(=O)c1ccc(N2CCC(O)CC2)nc1. The maximum atomic E-state index is 12.7. The van der Waals surface area contributed by atoms with Crippen molar-refractivity contribution in [2.24, 2.45) is 0 Å². The molecule has 1 fully saturated rings. The number of para-hydroxylation sites is 2. The number of carbonyl (C=O) groups excluding carboxylic acids is 1. The molecular formula is C21H25N3O4. The predicted octanol–water partition coefficient (Wildman–Crippen LogP) is 1.95. The summed E-state index contributed by atoms with van der Waals surface area (Å²) in [7, 11) is 1.76. The van der Waals surface area contributed by atoms with Gasteiger partial charge in [-0.2, -0.15) is 0 Å². The highest BCUT2D eigenvalue weighted by molar-refractivity contribution is 5.94. The average molecular weight is 383 g/mol. The Bertz CT molecular complexity index is 819. The number of ether oxygens (including phenoxy) is 2. The summed E-state index contributed by atoms with van der Waals surface area (Å²) in [6, 6.07) is 11.2. The molecule has 0 spiro atoms. The Kier molecular flexibility index (Phi) is 5.34. The van der Waals surface area contributed by atoms with Crippen molar-refractivity contribution in [1.82, 2.24) is 9.88 Å². The molecule has 3 heterocycles. The number of aliphatic hydroxyl groups is 1. The van der Waals surface area contributed by atoms with Crippen LogP contribution in [0.4, 0.5) is 5.82 Å². The molecule has 148 valence electrons. The van der Waals surface area contributed by atoms with Crippen LogP contribution < -0.4 is 14.4 Å². The van der Waals surface area contributed by atoms with E-state index in [0.717, 1.165) is 37.5 Å². The zero-order valence-electron chi connectivity index (χ0n) is 16.0. The molecule has 2 aromatic rings. The van der Waals surface area contributed by atoms with Crippen LogP contribution in [0, 0.1) is 0 Å². The number of hydrogen-bond donors (Lipinski definition) is 1. The lowest BCUT2D eigenvalue weighted by Crippen LogP contribution is -2.41. The normalized spacial score (nSPS) is 19.4. The van der Waals surface area contributed by atoms with Crippen LogP contribution >= 0.6 is 0 Å². The highest BCUT2D eigenvalue weighted by Crippen LogP contribution is 2.31. The minimum atomic E-state index is -0.219. The van der Waals surface area contributed by atoms with E-state index in [1.165, 1.54) is 0 Å². The Morgan fingerprint density at radius 3 is 2.68 bits per heavy atom. The second-order valence-electron chi connectivity index (χ2n) is 7.31. The molecule has 1 aromatic heterocycles. The van der Waals surface area contributed by atoms with Gasteiger partial charge in [0.25, 0.3) is 5.91 Å². The lowest BCUT2D eigenvalue weighted by Gasteiger charge is -2.31. The number of aliphatic hydroxyl groups excluding tert-OH is 1. The van der Waals surface area contributed by atoms with E-state index in [0.29, 0.717) is 24.5 Å². The molecule has 0 aliphatic carbocycles.